The molecule has 1 atom stereocenters. The van der Waals surface area contributed by atoms with E-state index < -0.39 is 17.9 Å². The fourth-order valence-electron chi connectivity index (χ4n) is 2.12. The SMILES string of the molecule is CC(C)n1cc(C(=O)N(C)C(C(=O)O)c2cccnc2)cn1. The average molecular weight is 302 g/mol. The first-order valence-electron chi connectivity index (χ1n) is 6.86. The van der Waals surface area contributed by atoms with E-state index in [2.05, 4.69) is 10.1 Å². The molecule has 0 aliphatic carbocycles. The van der Waals surface area contributed by atoms with E-state index in [4.69, 9.17) is 0 Å². The lowest BCUT2D eigenvalue weighted by Crippen LogP contribution is -2.35. The molecule has 2 aromatic rings. The number of carboxylic acid groups (broad SMARTS) is 1. The Kier molecular flexibility index (Phi) is 4.55. The summed E-state index contributed by atoms with van der Waals surface area (Å²) in [6, 6.07) is 2.30. The topological polar surface area (TPSA) is 88.3 Å². The molecule has 0 saturated carbocycles. The van der Waals surface area contributed by atoms with Crippen molar-refractivity contribution in [3.05, 3.63) is 48.0 Å². The lowest BCUT2D eigenvalue weighted by Gasteiger charge is -2.24. The van der Waals surface area contributed by atoms with E-state index in [0.29, 0.717) is 11.1 Å². The van der Waals surface area contributed by atoms with Crippen molar-refractivity contribution in [3.8, 4) is 0 Å². The molecule has 0 fully saturated rings. The highest BCUT2D eigenvalue weighted by Crippen LogP contribution is 2.21. The highest BCUT2D eigenvalue weighted by Gasteiger charge is 2.29. The number of carboxylic acids is 1. The maximum Gasteiger partial charge on any atom is 0.331 e. The van der Waals surface area contributed by atoms with Gasteiger partial charge in [-0.2, -0.15) is 5.10 Å². The minimum Gasteiger partial charge on any atom is -0.479 e. The quantitative estimate of drug-likeness (QED) is 0.909. The number of hydrogen-bond donors (Lipinski definition) is 1. The van der Waals surface area contributed by atoms with Crippen LogP contribution < -0.4 is 0 Å². The van der Waals surface area contributed by atoms with Crippen LogP contribution >= 0.6 is 0 Å². The molecule has 22 heavy (non-hydrogen) atoms. The lowest BCUT2D eigenvalue weighted by atomic mass is 10.1. The molecule has 0 saturated heterocycles. The molecule has 0 bridgehead atoms. The van der Waals surface area contributed by atoms with Gasteiger partial charge < -0.3 is 10.0 Å². The van der Waals surface area contributed by atoms with Gasteiger partial charge >= 0.3 is 5.97 Å². The molecule has 1 N–H and O–H groups in total. The number of carbonyl (C=O) groups is 2. The summed E-state index contributed by atoms with van der Waals surface area (Å²) in [6.07, 6.45) is 6.06. The summed E-state index contributed by atoms with van der Waals surface area (Å²) in [5.41, 5.74) is 0.799. The van der Waals surface area contributed by atoms with Crippen LogP contribution in [0, 0.1) is 0 Å². The molecule has 0 aliphatic heterocycles. The number of rotatable bonds is 5. The first kappa shape index (κ1) is 15.7. The smallest absolute Gasteiger partial charge is 0.331 e. The van der Waals surface area contributed by atoms with Gasteiger partial charge in [-0.15, -0.1) is 0 Å². The zero-order valence-corrected chi connectivity index (χ0v) is 12.7. The number of hydrogen-bond acceptors (Lipinski definition) is 4. The van der Waals surface area contributed by atoms with Gasteiger partial charge in [-0.3, -0.25) is 14.5 Å². The fourth-order valence-corrected chi connectivity index (χ4v) is 2.12. The standard InChI is InChI=1S/C15H18N4O3/c1-10(2)19-9-12(8-17-19)14(20)18(3)13(15(21)22)11-5-4-6-16-7-11/h4-10,13H,1-3H3,(H,21,22). The molecular formula is C15H18N4O3. The molecule has 0 spiro atoms. The summed E-state index contributed by atoms with van der Waals surface area (Å²) in [4.78, 5) is 29.1. The highest BCUT2D eigenvalue weighted by molar-refractivity contribution is 5.96. The molecule has 116 valence electrons. The summed E-state index contributed by atoms with van der Waals surface area (Å²) in [5, 5.41) is 13.5. The summed E-state index contributed by atoms with van der Waals surface area (Å²) in [7, 11) is 1.46. The second-order valence-corrected chi connectivity index (χ2v) is 5.25. The number of amides is 1. The predicted octanol–water partition coefficient (Wildman–Crippen LogP) is 1.76. The second-order valence-electron chi connectivity index (χ2n) is 5.25. The maximum absolute atomic E-state index is 12.5. The van der Waals surface area contributed by atoms with E-state index in [9.17, 15) is 14.7 Å². The van der Waals surface area contributed by atoms with Gasteiger partial charge in [-0.05, 0) is 19.9 Å². The van der Waals surface area contributed by atoms with Crippen LogP contribution in [0.25, 0.3) is 0 Å². The van der Waals surface area contributed by atoms with Crippen molar-refractivity contribution < 1.29 is 14.7 Å². The summed E-state index contributed by atoms with van der Waals surface area (Å²) < 4.78 is 1.65. The van der Waals surface area contributed by atoms with Gasteiger partial charge in [0.15, 0.2) is 6.04 Å². The summed E-state index contributed by atoms with van der Waals surface area (Å²) >= 11 is 0. The molecule has 2 rings (SSSR count). The molecule has 0 aromatic carbocycles. The number of aliphatic carboxylic acids is 1. The first-order chi connectivity index (χ1) is 10.4. The summed E-state index contributed by atoms with van der Waals surface area (Å²) in [5.74, 6) is -1.51. The number of nitrogens with zero attached hydrogens (tertiary/aromatic N) is 4. The largest absolute Gasteiger partial charge is 0.479 e. The van der Waals surface area contributed by atoms with Crippen molar-refractivity contribution in [2.45, 2.75) is 25.9 Å². The minimum absolute atomic E-state index is 0.125. The van der Waals surface area contributed by atoms with Crippen molar-refractivity contribution in [3.63, 3.8) is 0 Å². The van der Waals surface area contributed by atoms with Crippen molar-refractivity contribution in [1.29, 1.82) is 0 Å². The predicted molar refractivity (Wildman–Crippen MR) is 79.3 cm³/mol. The zero-order valence-electron chi connectivity index (χ0n) is 12.7. The molecule has 2 heterocycles. The van der Waals surface area contributed by atoms with Gasteiger partial charge in [0, 0.05) is 37.2 Å². The third kappa shape index (κ3) is 3.13. The van der Waals surface area contributed by atoms with Gasteiger partial charge in [0.05, 0.1) is 11.8 Å². The van der Waals surface area contributed by atoms with E-state index in [-0.39, 0.29) is 6.04 Å². The van der Waals surface area contributed by atoms with Gasteiger partial charge in [0.1, 0.15) is 0 Å². The van der Waals surface area contributed by atoms with Crippen LogP contribution in [0.3, 0.4) is 0 Å². The zero-order chi connectivity index (χ0) is 16.3. The number of likely N-dealkylation sites (N-methyl/N-ethyl adjacent to an activating group) is 1. The van der Waals surface area contributed by atoms with Crippen molar-refractivity contribution in [2.24, 2.45) is 0 Å². The van der Waals surface area contributed by atoms with E-state index in [1.54, 1.807) is 29.2 Å². The minimum atomic E-state index is -1.11. The number of carbonyl (C=O) groups excluding carboxylic acids is 1. The number of pyridine rings is 1. The third-order valence-electron chi connectivity index (χ3n) is 3.32. The molecule has 7 nitrogen and oxygen atoms in total. The van der Waals surface area contributed by atoms with Crippen LogP contribution in [0.5, 0.6) is 0 Å². The number of aromatic nitrogens is 3. The van der Waals surface area contributed by atoms with Crippen molar-refractivity contribution in [1.82, 2.24) is 19.7 Å². The van der Waals surface area contributed by atoms with Crippen LogP contribution in [-0.2, 0) is 4.79 Å². The molecule has 7 heteroatoms. The van der Waals surface area contributed by atoms with Crippen LogP contribution in [0.15, 0.2) is 36.9 Å². The molecule has 1 unspecified atom stereocenters. The third-order valence-corrected chi connectivity index (χ3v) is 3.32. The molecule has 0 radical (unpaired) electrons. The fraction of sp³-hybridized carbons (Fsp3) is 0.333. The van der Waals surface area contributed by atoms with Crippen molar-refractivity contribution in [2.75, 3.05) is 7.05 Å². The molecule has 1 amide bonds. The van der Waals surface area contributed by atoms with Gasteiger partial charge in [-0.1, -0.05) is 6.07 Å². The maximum atomic E-state index is 12.5. The Morgan fingerprint density at radius 3 is 2.55 bits per heavy atom. The Labute approximate surface area is 128 Å². The van der Waals surface area contributed by atoms with E-state index in [0.717, 1.165) is 0 Å². The van der Waals surface area contributed by atoms with Crippen LogP contribution in [0.4, 0.5) is 0 Å². The van der Waals surface area contributed by atoms with Crippen LogP contribution in [0.1, 0.15) is 41.9 Å². The Hall–Kier alpha value is -2.70. The van der Waals surface area contributed by atoms with E-state index in [1.807, 2.05) is 13.8 Å². The molecular weight excluding hydrogens is 284 g/mol. The van der Waals surface area contributed by atoms with Crippen LogP contribution in [-0.4, -0.2) is 43.7 Å². The van der Waals surface area contributed by atoms with Gasteiger partial charge in [0.25, 0.3) is 5.91 Å². The van der Waals surface area contributed by atoms with Gasteiger partial charge in [0.2, 0.25) is 0 Å². The Morgan fingerprint density at radius 1 is 1.32 bits per heavy atom. The normalized spacial score (nSPS) is 12.2. The first-order valence-corrected chi connectivity index (χ1v) is 6.86. The lowest BCUT2D eigenvalue weighted by molar-refractivity contribution is -0.142. The Morgan fingerprint density at radius 2 is 2.05 bits per heavy atom. The Bertz CT molecular complexity index is 666. The molecule has 0 aliphatic rings. The van der Waals surface area contributed by atoms with E-state index in [1.165, 1.54) is 24.3 Å². The average Bonchev–Trinajstić information content (AvgIpc) is 2.97. The monoisotopic (exact) mass is 302 g/mol. The molecule has 2 aromatic heterocycles. The van der Waals surface area contributed by atoms with E-state index >= 15 is 0 Å². The summed E-state index contributed by atoms with van der Waals surface area (Å²) in [6.45, 7) is 3.89. The van der Waals surface area contributed by atoms with Gasteiger partial charge in [-0.25, -0.2) is 4.79 Å². The highest BCUT2D eigenvalue weighted by atomic mass is 16.4. The van der Waals surface area contributed by atoms with Crippen molar-refractivity contribution >= 4 is 11.9 Å². The van der Waals surface area contributed by atoms with Crippen LogP contribution in [0.2, 0.25) is 0 Å². The second kappa shape index (κ2) is 6.38. The Balaban J connectivity index is 2.28.